The molecule has 3 rings (SSSR count). The van der Waals surface area contributed by atoms with E-state index in [-0.39, 0.29) is 5.91 Å². The van der Waals surface area contributed by atoms with Gasteiger partial charge in [0.1, 0.15) is 12.4 Å². The van der Waals surface area contributed by atoms with E-state index in [0.717, 1.165) is 29.8 Å². The Morgan fingerprint density at radius 2 is 1.48 bits per heavy atom. The summed E-state index contributed by atoms with van der Waals surface area (Å²) >= 11 is 0. The van der Waals surface area contributed by atoms with Gasteiger partial charge < -0.3 is 14.5 Å². The van der Waals surface area contributed by atoms with Gasteiger partial charge in [-0.2, -0.15) is 0 Å². The highest BCUT2D eigenvalue weighted by molar-refractivity contribution is 6.04. The number of nitrogens with zero attached hydrogens (tertiary/aromatic N) is 2. The number of benzene rings is 3. The third-order valence-electron chi connectivity index (χ3n) is 4.86. The fraction of sp³-hybridized carbons (Fsp3) is 0.222. The molecule has 0 unspecified atom stereocenters. The summed E-state index contributed by atoms with van der Waals surface area (Å²) in [5.74, 6) is 0.649. The standard InChI is InChI=1S/C27H30N2O2/c1-28(2)20-11-21-29(27(30)19-18-23-12-5-3-6-13-23)25-16-9-10-17-26(25)31-22-24-14-7-4-8-15-24/h3-10,12-19H,11,20-22H2,1-2H3. The molecule has 0 spiro atoms. The lowest BCUT2D eigenvalue weighted by Crippen LogP contribution is -2.32. The molecular formula is C27H30N2O2. The van der Waals surface area contributed by atoms with Gasteiger partial charge in [-0.15, -0.1) is 0 Å². The Labute approximate surface area is 185 Å². The molecular weight excluding hydrogens is 384 g/mol. The van der Waals surface area contributed by atoms with Crippen LogP contribution in [0.15, 0.2) is 91.0 Å². The second-order valence-corrected chi connectivity index (χ2v) is 7.63. The maximum Gasteiger partial charge on any atom is 0.251 e. The number of carbonyl (C=O) groups is 1. The van der Waals surface area contributed by atoms with Crippen LogP contribution in [0.3, 0.4) is 0 Å². The van der Waals surface area contributed by atoms with Crippen LogP contribution >= 0.6 is 0 Å². The number of hydrogen-bond donors (Lipinski definition) is 0. The van der Waals surface area contributed by atoms with E-state index >= 15 is 0 Å². The molecule has 3 aromatic carbocycles. The highest BCUT2D eigenvalue weighted by Gasteiger charge is 2.17. The van der Waals surface area contributed by atoms with Crippen LogP contribution in [0.1, 0.15) is 17.5 Å². The van der Waals surface area contributed by atoms with Crippen molar-refractivity contribution in [3.8, 4) is 5.75 Å². The molecule has 0 bridgehead atoms. The fourth-order valence-electron chi connectivity index (χ4n) is 3.25. The summed E-state index contributed by atoms with van der Waals surface area (Å²) in [4.78, 5) is 17.1. The summed E-state index contributed by atoms with van der Waals surface area (Å²) in [7, 11) is 4.08. The van der Waals surface area contributed by atoms with Crippen LogP contribution < -0.4 is 9.64 Å². The zero-order valence-electron chi connectivity index (χ0n) is 18.3. The van der Waals surface area contributed by atoms with Gasteiger partial charge in [-0.05, 0) is 56.4 Å². The molecule has 31 heavy (non-hydrogen) atoms. The summed E-state index contributed by atoms with van der Waals surface area (Å²) in [6.45, 7) is 1.97. The first-order valence-electron chi connectivity index (χ1n) is 10.6. The third kappa shape index (κ3) is 7.12. The highest BCUT2D eigenvalue weighted by atomic mass is 16.5. The summed E-state index contributed by atoms with van der Waals surface area (Å²) in [5, 5.41) is 0. The number of carbonyl (C=O) groups excluding carboxylic acids is 1. The largest absolute Gasteiger partial charge is 0.487 e. The van der Waals surface area contributed by atoms with E-state index in [1.165, 1.54) is 0 Å². The minimum absolute atomic E-state index is 0.0571. The molecule has 0 saturated heterocycles. The minimum Gasteiger partial charge on any atom is -0.487 e. The van der Waals surface area contributed by atoms with Crippen LogP contribution in [0.2, 0.25) is 0 Å². The normalized spacial score (nSPS) is 11.1. The van der Waals surface area contributed by atoms with Gasteiger partial charge in [0.15, 0.2) is 0 Å². The first kappa shape index (κ1) is 22.3. The Morgan fingerprint density at radius 1 is 0.839 bits per heavy atom. The van der Waals surface area contributed by atoms with Gasteiger partial charge in [0.25, 0.3) is 5.91 Å². The lowest BCUT2D eigenvalue weighted by molar-refractivity contribution is -0.114. The van der Waals surface area contributed by atoms with Crippen molar-refractivity contribution in [3.05, 3.63) is 102 Å². The number of hydrogen-bond acceptors (Lipinski definition) is 3. The van der Waals surface area contributed by atoms with Crippen molar-refractivity contribution in [2.24, 2.45) is 0 Å². The molecule has 1 amide bonds. The Balaban J connectivity index is 1.80. The Bertz CT molecular complexity index is 969. The molecule has 0 aromatic heterocycles. The van der Waals surface area contributed by atoms with Crippen molar-refractivity contribution in [2.45, 2.75) is 13.0 Å². The van der Waals surface area contributed by atoms with Gasteiger partial charge in [-0.25, -0.2) is 0 Å². The van der Waals surface area contributed by atoms with E-state index in [1.807, 2.05) is 110 Å². The maximum absolute atomic E-state index is 13.2. The second kappa shape index (κ2) is 11.7. The molecule has 0 heterocycles. The van der Waals surface area contributed by atoms with Crippen LogP contribution in [0, 0.1) is 0 Å². The van der Waals surface area contributed by atoms with Crippen LogP contribution in [0.25, 0.3) is 6.08 Å². The molecule has 0 N–H and O–H groups in total. The molecule has 160 valence electrons. The summed E-state index contributed by atoms with van der Waals surface area (Å²) in [6.07, 6.45) is 4.36. The molecule has 3 aromatic rings. The monoisotopic (exact) mass is 414 g/mol. The number of para-hydroxylation sites is 2. The molecule has 0 aliphatic heterocycles. The zero-order chi connectivity index (χ0) is 21.9. The Kier molecular flexibility index (Phi) is 8.44. The molecule has 0 aliphatic carbocycles. The third-order valence-corrected chi connectivity index (χ3v) is 4.86. The van der Waals surface area contributed by atoms with Crippen molar-refractivity contribution in [1.29, 1.82) is 0 Å². The van der Waals surface area contributed by atoms with E-state index in [0.29, 0.717) is 18.9 Å². The molecule has 0 fully saturated rings. The van der Waals surface area contributed by atoms with E-state index in [4.69, 9.17) is 4.74 Å². The van der Waals surface area contributed by atoms with Crippen LogP contribution in [0.5, 0.6) is 5.75 Å². The van der Waals surface area contributed by atoms with Gasteiger partial charge in [0.05, 0.1) is 5.69 Å². The van der Waals surface area contributed by atoms with Crippen molar-refractivity contribution in [3.63, 3.8) is 0 Å². The van der Waals surface area contributed by atoms with Gasteiger partial charge in [0, 0.05) is 12.6 Å². The summed E-state index contributed by atoms with van der Waals surface area (Å²) in [5.41, 5.74) is 2.88. The first-order chi connectivity index (χ1) is 15.1. The van der Waals surface area contributed by atoms with E-state index in [2.05, 4.69) is 4.90 Å². The van der Waals surface area contributed by atoms with Crippen molar-refractivity contribution >= 4 is 17.7 Å². The number of rotatable bonds is 10. The average molecular weight is 415 g/mol. The van der Waals surface area contributed by atoms with Gasteiger partial charge in [-0.1, -0.05) is 72.8 Å². The lowest BCUT2D eigenvalue weighted by Gasteiger charge is -2.25. The predicted octanol–water partition coefficient (Wildman–Crippen LogP) is 5.26. The van der Waals surface area contributed by atoms with E-state index in [9.17, 15) is 4.79 Å². The first-order valence-corrected chi connectivity index (χ1v) is 10.6. The predicted molar refractivity (Wildman–Crippen MR) is 128 cm³/mol. The number of ether oxygens (including phenoxy) is 1. The van der Waals surface area contributed by atoms with Crippen molar-refractivity contribution < 1.29 is 9.53 Å². The van der Waals surface area contributed by atoms with Gasteiger partial charge in [0.2, 0.25) is 0 Å². The lowest BCUT2D eigenvalue weighted by atomic mass is 10.2. The highest BCUT2D eigenvalue weighted by Crippen LogP contribution is 2.29. The van der Waals surface area contributed by atoms with Crippen LogP contribution in [-0.4, -0.2) is 38.0 Å². The zero-order valence-corrected chi connectivity index (χ0v) is 18.3. The van der Waals surface area contributed by atoms with Gasteiger partial charge in [-0.3, -0.25) is 4.79 Å². The number of amides is 1. The fourth-order valence-corrected chi connectivity index (χ4v) is 3.25. The van der Waals surface area contributed by atoms with Gasteiger partial charge >= 0.3 is 0 Å². The Hall–Kier alpha value is -3.37. The number of anilines is 1. The summed E-state index contributed by atoms with van der Waals surface area (Å²) in [6, 6.07) is 27.7. The minimum atomic E-state index is -0.0571. The smallest absolute Gasteiger partial charge is 0.251 e. The SMILES string of the molecule is CN(C)CCCN(C(=O)C=Cc1ccccc1)c1ccccc1OCc1ccccc1. The molecule has 0 atom stereocenters. The molecule has 0 saturated carbocycles. The van der Waals surface area contributed by atoms with Crippen molar-refractivity contribution in [1.82, 2.24) is 4.90 Å². The average Bonchev–Trinajstić information content (AvgIpc) is 2.80. The van der Waals surface area contributed by atoms with Crippen LogP contribution in [-0.2, 0) is 11.4 Å². The van der Waals surface area contributed by atoms with Crippen LogP contribution in [0.4, 0.5) is 5.69 Å². The van der Waals surface area contributed by atoms with E-state index < -0.39 is 0 Å². The topological polar surface area (TPSA) is 32.8 Å². The molecule has 4 heteroatoms. The quantitative estimate of drug-likeness (QED) is 0.424. The van der Waals surface area contributed by atoms with E-state index in [1.54, 1.807) is 6.08 Å². The molecule has 0 aliphatic rings. The Morgan fingerprint density at radius 3 is 2.19 bits per heavy atom. The molecule has 0 radical (unpaired) electrons. The summed E-state index contributed by atoms with van der Waals surface area (Å²) < 4.78 is 6.12. The maximum atomic E-state index is 13.2. The second-order valence-electron chi connectivity index (χ2n) is 7.63. The molecule has 4 nitrogen and oxygen atoms in total. The van der Waals surface area contributed by atoms with Crippen molar-refractivity contribution in [2.75, 3.05) is 32.1 Å².